The lowest BCUT2D eigenvalue weighted by molar-refractivity contribution is -0.127. The molecule has 7 heteroatoms. The molecule has 1 fully saturated rings. The van der Waals surface area contributed by atoms with E-state index in [1.165, 1.54) is 12.1 Å². The molecule has 1 heterocycles. The predicted octanol–water partition coefficient (Wildman–Crippen LogP) is 4.99. The summed E-state index contributed by atoms with van der Waals surface area (Å²) < 4.78 is 49.5. The monoisotopic (exact) mass is 438 g/mol. The number of nitrogens with one attached hydrogen (secondary N) is 1. The summed E-state index contributed by atoms with van der Waals surface area (Å²) in [6.07, 6.45) is 0. The van der Waals surface area contributed by atoms with Gasteiger partial charge in [-0.3, -0.25) is 4.79 Å². The lowest BCUT2D eigenvalue weighted by Gasteiger charge is -2.36. The highest BCUT2D eigenvalue weighted by molar-refractivity contribution is 6.13. The van der Waals surface area contributed by atoms with E-state index in [0.717, 1.165) is 24.1 Å². The molecule has 164 valence electrons. The molecular formula is C25H21F3N2O2. The summed E-state index contributed by atoms with van der Waals surface area (Å²) in [4.78, 5) is 16.7. The molecule has 0 aromatic heterocycles. The summed E-state index contributed by atoms with van der Waals surface area (Å²) in [5.41, 5.74) is -0.136. The van der Waals surface area contributed by atoms with Crippen LogP contribution in [0.25, 0.3) is 0 Å². The predicted molar refractivity (Wildman–Crippen MR) is 116 cm³/mol. The van der Waals surface area contributed by atoms with Gasteiger partial charge in [0, 0.05) is 16.7 Å². The van der Waals surface area contributed by atoms with E-state index in [4.69, 9.17) is 4.74 Å². The Morgan fingerprint density at radius 2 is 1.56 bits per heavy atom. The molecule has 0 saturated carbocycles. The number of rotatable bonds is 4. The fraction of sp³-hybridized carbons (Fsp3) is 0.200. The molecule has 3 aromatic rings. The summed E-state index contributed by atoms with van der Waals surface area (Å²) in [7, 11) is 0. The lowest BCUT2D eigenvalue weighted by Crippen LogP contribution is -2.56. The second-order valence-corrected chi connectivity index (χ2v) is 7.73. The van der Waals surface area contributed by atoms with Crippen LogP contribution in [0, 0.1) is 5.82 Å². The van der Waals surface area contributed by atoms with Gasteiger partial charge >= 0.3 is 0 Å². The molecule has 1 saturated heterocycles. The van der Waals surface area contributed by atoms with Crippen molar-refractivity contribution in [3.8, 4) is 0 Å². The van der Waals surface area contributed by atoms with Gasteiger partial charge in [-0.2, -0.15) is 0 Å². The van der Waals surface area contributed by atoms with Crippen LogP contribution in [0.15, 0.2) is 83.9 Å². The third-order valence-electron chi connectivity index (χ3n) is 5.46. The molecule has 0 aliphatic carbocycles. The summed E-state index contributed by atoms with van der Waals surface area (Å²) >= 11 is 0. The molecule has 0 spiro atoms. The fourth-order valence-corrected chi connectivity index (χ4v) is 3.67. The zero-order valence-corrected chi connectivity index (χ0v) is 17.3. The van der Waals surface area contributed by atoms with E-state index in [2.05, 4.69) is 10.3 Å². The average Bonchev–Trinajstić information content (AvgIpc) is 2.89. The number of nitrogens with zero attached hydrogens (tertiary/aromatic N) is 1. The maximum absolute atomic E-state index is 14.9. The Balaban J connectivity index is 1.86. The van der Waals surface area contributed by atoms with Crippen molar-refractivity contribution < 1.29 is 22.7 Å². The van der Waals surface area contributed by atoms with Crippen molar-refractivity contribution in [2.45, 2.75) is 18.4 Å². The first-order chi connectivity index (χ1) is 15.3. The van der Waals surface area contributed by atoms with Crippen molar-refractivity contribution >= 4 is 17.3 Å². The molecule has 1 amide bonds. The molecule has 1 atom stereocenters. The summed E-state index contributed by atoms with van der Waals surface area (Å²) in [6, 6.07) is 22.5. The van der Waals surface area contributed by atoms with Gasteiger partial charge in [-0.1, -0.05) is 60.7 Å². The number of hydrogen-bond donors (Lipinski definition) is 1. The Morgan fingerprint density at radius 3 is 2.16 bits per heavy atom. The van der Waals surface area contributed by atoms with Crippen molar-refractivity contribution in [3.63, 3.8) is 0 Å². The summed E-state index contributed by atoms with van der Waals surface area (Å²) in [5.74, 6) is -5.15. The Hall–Kier alpha value is -3.45. The number of carbonyl (C=O) groups is 1. The minimum absolute atomic E-state index is 0.278. The standard InChI is InChI=1S/C25H21F3N2O2/c1-24(25(27,28)16-32-15-22(31)30-24)20-14-19(12-13-21(20)26)29-23(17-8-4-2-5-9-17)18-10-6-3-7-11-18/h2-14H,15-16H2,1H3,(H,30,31). The fourth-order valence-electron chi connectivity index (χ4n) is 3.67. The van der Waals surface area contributed by atoms with Gasteiger partial charge in [0.1, 0.15) is 24.6 Å². The van der Waals surface area contributed by atoms with Gasteiger partial charge in [0.05, 0.1) is 11.4 Å². The molecule has 1 aliphatic rings. The maximum atomic E-state index is 14.9. The third-order valence-corrected chi connectivity index (χ3v) is 5.46. The van der Waals surface area contributed by atoms with Gasteiger partial charge in [0.2, 0.25) is 5.91 Å². The molecule has 0 radical (unpaired) electrons. The normalized spacial score (nSPS) is 20.2. The van der Waals surface area contributed by atoms with E-state index >= 15 is 0 Å². The SMILES string of the molecule is CC1(c2cc(N=C(c3ccccc3)c3ccccc3)ccc2F)NC(=O)COCC1(F)F. The van der Waals surface area contributed by atoms with Gasteiger partial charge in [-0.05, 0) is 25.1 Å². The number of alkyl halides is 2. The van der Waals surface area contributed by atoms with Crippen molar-refractivity contribution in [1.82, 2.24) is 5.32 Å². The second-order valence-electron chi connectivity index (χ2n) is 7.73. The minimum atomic E-state index is -3.54. The molecule has 32 heavy (non-hydrogen) atoms. The Kier molecular flexibility index (Phi) is 5.84. The number of amides is 1. The highest BCUT2D eigenvalue weighted by Gasteiger charge is 2.55. The lowest BCUT2D eigenvalue weighted by atomic mass is 9.85. The van der Waals surface area contributed by atoms with Crippen LogP contribution in [0.4, 0.5) is 18.9 Å². The van der Waals surface area contributed by atoms with Gasteiger partial charge in [-0.15, -0.1) is 0 Å². The van der Waals surface area contributed by atoms with Crippen LogP contribution in [0.5, 0.6) is 0 Å². The topological polar surface area (TPSA) is 50.7 Å². The number of benzene rings is 3. The molecule has 1 aliphatic heterocycles. The maximum Gasteiger partial charge on any atom is 0.297 e. The van der Waals surface area contributed by atoms with E-state index in [1.54, 1.807) is 0 Å². The molecule has 0 bridgehead atoms. The first kappa shape index (κ1) is 21.8. The molecule has 4 rings (SSSR count). The van der Waals surface area contributed by atoms with E-state index in [-0.39, 0.29) is 11.3 Å². The molecule has 4 nitrogen and oxygen atoms in total. The van der Waals surface area contributed by atoms with Crippen LogP contribution < -0.4 is 5.32 Å². The van der Waals surface area contributed by atoms with Crippen LogP contribution in [0.3, 0.4) is 0 Å². The Bertz CT molecular complexity index is 1110. The zero-order chi connectivity index (χ0) is 22.8. The smallest absolute Gasteiger partial charge is 0.297 e. The van der Waals surface area contributed by atoms with Gasteiger partial charge in [-0.25, -0.2) is 18.2 Å². The number of halogens is 3. The van der Waals surface area contributed by atoms with Crippen molar-refractivity contribution in [1.29, 1.82) is 0 Å². The van der Waals surface area contributed by atoms with Gasteiger partial charge in [0.15, 0.2) is 0 Å². The zero-order valence-electron chi connectivity index (χ0n) is 17.3. The van der Waals surface area contributed by atoms with Crippen molar-refractivity contribution in [2.24, 2.45) is 4.99 Å². The Morgan fingerprint density at radius 1 is 0.969 bits per heavy atom. The van der Waals surface area contributed by atoms with Gasteiger partial charge < -0.3 is 10.1 Å². The quantitative estimate of drug-likeness (QED) is 0.584. The van der Waals surface area contributed by atoms with E-state index in [0.29, 0.717) is 5.71 Å². The van der Waals surface area contributed by atoms with Crippen LogP contribution in [0.1, 0.15) is 23.6 Å². The second kappa shape index (κ2) is 8.59. The molecule has 3 aromatic carbocycles. The number of ether oxygens (including phenoxy) is 1. The molecule has 1 N–H and O–H groups in total. The van der Waals surface area contributed by atoms with E-state index in [1.807, 2.05) is 60.7 Å². The van der Waals surface area contributed by atoms with Crippen molar-refractivity contribution in [2.75, 3.05) is 13.2 Å². The Labute approximate surface area is 183 Å². The van der Waals surface area contributed by atoms with Crippen LogP contribution in [0.2, 0.25) is 0 Å². The first-order valence-electron chi connectivity index (χ1n) is 10.1. The van der Waals surface area contributed by atoms with Crippen molar-refractivity contribution in [3.05, 3.63) is 101 Å². The molecular weight excluding hydrogens is 417 g/mol. The molecule has 1 unspecified atom stereocenters. The highest BCUT2D eigenvalue weighted by atomic mass is 19.3. The number of carbonyl (C=O) groups excluding carboxylic acids is 1. The third kappa shape index (κ3) is 4.16. The van der Waals surface area contributed by atoms with E-state index < -0.39 is 36.4 Å². The number of aliphatic imine (C=N–C) groups is 1. The average molecular weight is 438 g/mol. The largest absolute Gasteiger partial charge is 0.365 e. The van der Waals surface area contributed by atoms with Crippen LogP contribution in [-0.2, 0) is 15.1 Å². The van der Waals surface area contributed by atoms with E-state index in [9.17, 15) is 18.0 Å². The summed E-state index contributed by atoms with van der Waals surface area (Å²) in [6.45, 7) is -0.425. The highest BCUT2D eigenvalue weighted by Crippen LogP contribution is 2.41. The minimum Gasteiger partial charge on any atom is -0.365 e. The van der Waals surface area contributed by atoms with Crippen LogP contribution in [-0.4, -0.2) is 30.8 Å². The number of hydrogen-bond acceptors (Lipinski definition) is 3. The van der Waals surface area contributed by atoms with Gasteiger partial charge in [0.25, 0.3) is 5.92 Å². The first-order valence-corrected chi connectivity index (χ1v) is 10.1. The summed E-state index contributed by atoms with van der Waals surface area (Å²) in [5, 5.41) is 2.24. The van der Waals surface area contributed by atoms with Crippen LogP contribution >= 0.6 is 0 Å².